The number of benzene rings is 2. The number of rotatable bonds is 5. The van der Waals surface area contributed by atoms with Crippen molar-refractivity contribution in [2.24, 2.45) is 0 Å². The normalized spacial score (nSPS) is 13.9. The maximum atomic E-state index is 13.4. The van der Waals surface area contributed by atoms with Crippen molar-refractivity contribution in [1.82, 2.24) is 9.97 Å². The maximum absolute atomic E-state index is 13.4. The fourth-order valence-corrected chi connectivity index (χ4v) is 3.57. The zero-order valence-corrected chi connectivity index (χ0v) is 16.6. The molecule has 3 aromatic rings. The first kappa shape index (κ1) is 19.8. The summed E-state index contributed by atoms with van der Waals surface area (Å²) in [4.78, 5) is 23.7. The number of aromatic nitrogens is 2. The van der Waals surface area contributed by atoms with Gasteiger partial charge in [-0.25, -0.2) is 14.4 Å². The van der Waals surface area contributed by atoms with Gasteiger partial charge in [0.15, 0.2) is 0 Å². The zero-order valence-electron chi connectivity index (χ0n) is 15.8. The number of nitrogens with one attached hydrogen (secondary N) is 1. The second-order valence-electron chi connectivity index (χ2n) is 6.72. The number of halogens is 2. The number of nitro groups is 1. The van der Waals surface area contributed by atoms with Gasteiger partial charge in [-0.15, -0.1) is 0 Å². The summed E-state index contributed by atoms with van der Waals surface area (Å²) in [5, 5.41) is 14.6. The van der Waals surface area contributed by atoms with Crippen molar-refractivity contribution < 1.29 is 9.31 Å². The van der Waals surface area contributed by atoms with Gasteiger partial charge in [0.05, 0.1) is 9.95 Å². The van der Waals surface area contributed by atoms with Crippen LogP contribution in [0.2, 0.25) is 5.02 Å². The van der Waals surface area contributed by atoms with E-state index in [9.17, 15) is 14.5 Å². The van der Waals surface area contributed by atoms with E-state index >= 15 is 0 Å². The van der Waals surface area contributed by atoms with Gasteiger partial charge in [0.2, 0.25) is 11.6 Å². The summed E-state index contributed by atoms with van der Waals surface area (Å²) in [5.41, 5.74) is 1.28. The molecule has 0 spiro atoms. The first-order valence-corrected chi connectivity index (χ1v) is 9.67. The fourth-order valence-electron chi connectivity index (χ4n) is 3.39. The largest absolute Gasteiger partial charge is 0.368 e. The molecule has 0 atom stereocenters. The summed E-state index contributed by atoms with van der Waals surface area (Å²) in [6.07, 6.45) is 1.28. The van der Waals surface area contributed by atoms with Crippen LogP contribution in [0, 0.1) is 15.9 Å². The molecule has 1 aliphatic rings. The third-order valence-corrected chi connectivity index (χ3v) is 5.16. The number of piperazine rings is 1. The molecule has 0 aliphatic carbocycles. The highest BCUT2D eigenvalue weighted by Crippen LogP contribution is 2.34. The molecule has 0 amide bonds. The highest BCUT2D eigenvalue weighted by atomic mass is 35.5. The van der Waals surface area contributed by atoms with Crippen LogP contribution in [0.15, 0.2) is 54.9 Å². The second kappa shape index (κ2) is 8.50. The molecule has 4 rings (SSSR count). The van der Waals surface area contributed by atoms with Gasteiger partial charge in [0, 0.05) is 37.6 Å². The first-order valence-electron chi connectivity index (χ1n) is 9.29. The minimum atomic E-state index is -0.573. The van der Waals surface area contributed by atoms with Gasteiger partial charge < -0.3 is 15.1 Å². The molecule has 10 heteroatoms. The minimum absolute atomic E-state index is 0.0261. The summed E-state index contributed by atoms with van der Waals surface area (Å²) in [5.74, 6) is -0.298. The third kappa shape index (κ3) is 4.11. The van der Waals surface area contributed by atoms with Crippen molar-refractivity contribution in [3.8, 4) is 0 Å². The van der Waals surface area contributed by atoms with Crippen LogP contribution in [0.5, 0.6) is 0 Å². The molecule has 0 unspecified atom stereocenters. The average Bonchev–Trinajstić information content (AvgIpc) is 2.77. The summed E-state index contributed by atoms with van der Waals surface area (Å²) in [6.45, 7) is 2.58. The Morgan fingerprint density at radius 1 is 1.03 bits per heavy atom. The highest BCUT2D eigenvalue weighted by Gasteiger charge is 2.29. The standard InChI is InChI=1S/C20H18ClFN6O2/c21-16-12-14(6-7-17(16)22)25-19-18(28(29)30)20(24-13-23-19)27-10-8-26(9-11-27)15-4-2-1-3-5-15/h1-7,12-13H,8-11H2,(H,23,24,25). The number of anilines is 4. The topological polar surface area (TPSA) is 87.4 Å². The van der Waals surface area contributed by atoms with Gasteiger partial charge in [-0.2, -0.15) is 0 Å². The number of para-hydroxylation sites is 1. The predicted molar refractivity (Wildman–Crippen MR) is 114 cm³/mol. The van der Waals surface area contributed by atoms with Crippen LogP contribution in [0.3, 0.4) is 0 Å². The zero-order chi connectivity index (χ0) is 21.1. The van der Waals surface area contributed by atoms with E-state index in [1.807, 2.05) is 35.2 Å². The molecule has 0 saturated carbocycles. The highest BCUT2D eigenvalue weighted by molar-refractivity contribution is 6.31. The van der Waals surface area contributed by atoms with E-state index in [1.54, 1.807) is 0 Å². The van der Waals surface area contributed by atoms with Gasteiger partial charge in [-0.05, 0) is 30.3 Å². The van der Waals surface area contributed by atoms with Crippen LogP contribution in [-0.4, -0.2) is 41.1 Å². The molecule has 2 heterocycles. The molecule has 8 nitrogen and oxygen atoms in total. The quantitative estimate of drug-likeness (QED) is 0.480. The number of hydrogen-bond acceptors (Lipinski definition) is 7. The lowest BCUT2D eigenvalue weighted by Crippen LogP contribution is -2.47. The van der Waals surface area contributed by atoms with Crippen molar-refractivity contribution in [1.29, 1.82) is 0 Å². The average molecular weight is 429 g/mol. The Hall–Kier alpha value is -3.46. The molecule has 1 fully saturated rings. The van der Waals surface area contributed by atoms with Crippen molar-refractivity contribution in [2.75, 3.05) is 41.3 Å². The molecular formula is C20H18ClFN6O2. The van der Waals surface area contributed by atoms with E-state index in [1.165, 1.54) is 24.5 Å². The number of hydrogen-bond donors (Lipinski definition) is 1. The Kier molecular flexibility index (Phi) is 5.62. The van der Waals surface area contributed by atoms with Crippen LogP contribution >= 0.6 is 11.6 Å². The lowest BCUT2D eigenvalue weighted by molar-refractivity contribution is -0.383. The Balaban J connectivity index is 1.57. The molecule has 0 bridgehead atoms. The Morgan fingerprint density at radius 3 is 2.40 bits per heavy atom. The summed E-state index contributed by atoms with van der Waals surface area (Å²) in [7, 11) is 0. The Bertz CT molecular complexity index is 1060. The van der Waals surface area contributed by atoms with Crippen LogP contribution in [0.1, 0.15) is 0 Å². The van der Waals surface area contributed by atoms with Gasteiger partial charge in [0.25, 0.3) is 0 Å². The van der Waals surface area contributed by atoms with Crippen molar-refractivity contribution >= 4 is 40.3 Å². The van der Waals surface area contributed by atoms with E-state index in [0.717, 1.165) is 5.69 Å². The fraction of sp³-hybridized carbons (Fsp3) is 0.200. The van der Waals surface area contributed by atoms with Gasteiger partial charge in [-0.1, -0.05) is 29.8 Å². The smallest absolute Gasteiger partial charge is 0.353 e. The Morgan fingerprint density at radius 2 is 1.73 bits per heavy atom. The van der Waals surface area contributed by atoms with Crippen LogP contribution in [-0.2, 0) is 0 Å². The van der Waals surface area contributed by atoms with E-state index in [-0.39, 0.29) is 22.3 Å². The van der Waals surface area contributed by atoms with Crippen LogP contribution in [0.4, 0.5) is 33.1 Å². The molecule has 30 heavy (non-hydrogen) atoms. The van der Waals surface area contributed by atoms with E-state index < -0.39 is 10.7 Å². The summed E-state index contributed by atoms with van der Waals surface area (Å²) in [6, 6.07) is 14.0. The second-order valence-corrected chi connectivity index (χ2v) is 7.12. The molecule has 1 N–H and O–H groups in total. The summed E-state index contributed by atoms with van der Waals surface area (Å²) < 4.78 is 13.4. The first-order chi connectivity index (χ1) is 14.5. The van der Waals surface area contributed by atoms with Crippen molar-refractivity contribution in [3.05, 3.63) is 75.8 Å². The lowest BCUT2D eigenvalue weighted by atomic mass is 10.2. The predicted octanol–water partition coefficient (Wildman–Crippen LogP) is 4.25. The maximum Gasteiger partial charge on any atom is 0.353 e. The monoisotopic (exact) mass is 428 g/mol. The van der Waals surface area contributed by atoms with Crippen molar-refractivity contribution in [2.45, 2.75) is 0 Å². The van der Waals surface area contributed by atoms with Gasteiger partial charge in [-0.3, -0.25) is 10.1 Å². The van der Waals surface area contributed by atoms with Gasteiger partial charge in [0.1, 0.15) is 12.1 Å². The lowest BCUT2D eigenvalue weighted by Gasteiger charge is -2.36. The molecule has 0 radical (unpaired) electrons. The minimum Gasteiger partial charge on any atom is -0.368 e. The molecule has 1 aliphatic heterocycles. The molecule has 1 aromatic heterocycles. The summed E-state index contributed by atoms with van der Waals surface area (Å²) >= 11 is 5.81. The number of nitrogens with zero attached hydrogens (tertiary/aromatic N) is 5. The van der Waals surface area contributed by atoms with Crippen LogP contribution in [0.25, 0.3) is 0 Å². The third-order valence-electron chi connectivity index (χ3n) is 4.87. The van der Waals surface area contributed by atoms with Crippen molar-refractivity contribution in [3.63, 3.8) is 0 Å². The van der Waals surface area contributed by atoms with E-state index in [2.05, 4.69) is 20.2 Å². The Labute approximate surface area is 177 Å². The van der Waals surface area contributed by atoms with Crippen LogP contribution < -0.4 is 15.1 Å². The SMILES string of the molecule is O=[N+]([O-])c1c(Nc2ccc(F)c(Cl)c2)ncnc1N1CCN(c2ccccc2)CC1. The van der Waals surface area contributed by atoms with E-state index in [0.29, 0.717) is 31.9 Å². The molecule has 1 saturated heterocycles. The molecular weight excluding hydrogens is 411 g/mol. The molecule has 2 aromatic carbocycles. The molecule has 154 valence electrons. The van der Waals surface area contributed by atoms with Gasteiger partial charge >= 0.3 is 5.69 Å². The van der Waals surface area contributed by atoms with E-state index in [4.69, 9.17) is 11.6 Å².